The maximum atomic E-state index is 12.4. The lowest BCUT2D eigenvalue weighted by Gasteiger charge is -2.37. The molecule has 7 nitrogen and oxygen atoms in total. The number of carboxylic acid groups (broad SMARTS) is 1. The number of hydrogen-bond donors (Lipinski definition) is 2. The largest absolute Gasteiger partial charge is 0.489 e. The van der Waals surface area contributed by atoms with E-state index in [0.29, 0.717) is 19.7 Å². The van der Waals surface area contributed by atoms with Crippen LogP contribution in [-0.4, -0.2) is 63.6 Å². The van der Waals surface area contributed by atoms with Crippen molar-refractivity contribution in [2.45, 2.75) is 19.1 Å². The minimum atomic E-state index is -0.822. The highest BCUT2D eigenvalue weighted by Crippen LogP contribution is 2.31. The molecule has 4 aromatic rings. The molecule has 35 heavy (non-hydrogen) atoms. The van der Waals surface area contributed by atoms with Gasteiger partial charge < -0.3 is 19.7 Å². The first-order valence-corrected chi connectivity index (χ1v) is 12.0. The number of piperazine rings is 1. The number of carboxylic acids is 1. The van der Waals surface area contributed by atoms with Crippen LogP contribution >= 0.6 is 0 Å². The number of fused-ring (bicyclic) bond motifs is 1. The van der Waals surface area contributed by atoms with Gasteiger partial charge >= 0.3 is 5.97 Å². The highest BCUT2D eigenvalue weighted by molar-refractivity contribution is 5.90. The Balaban J connectivity index is 1.23. The molecule has 0 saturated carbocycles. The molecule has 1 aliphatic heterocycles. The summed E-state index contributed by atoms with van der Waals surface area (Å²) in [6.07, 6.45) is 4.56. The Hall–Kier alpha value is -3.68. The summed E-state index contributed by atoms with van der Waals surface area (Å²) in [5, 5.41) is 11.1. The number of carbonyl (C=O) groups is 1. The summed E-state index contributed by atoms with van der Waals surface area (Å²) < 4.78 is 5.94. The summed E-state index contributed by atoms with van der Waals surface area (Å²) in [4.78, 5) is 24.5. The maximum absolute atomic E-state index is 12.4. The molecular weight excluding hydrogens is 440 g/mol. The van der Waals surface area contributed by atoms with Gasteiger partial charge in [-0.1, -0.05) is 36.4 Å². The molecule has 1 atom stereocenters. The van der Waals surface area contributed by atoms with Gasteiger partial charge in [-0.05, 0) is 29.8 Å². The average molecular weight is 471 g/mol. The number of aliphatic carboxylic acids is 1. The average Bonchev–Trinajstić information content (AvgIpc) is 3.31. The van der Waals surface area contributed by atoms with Gasteiger partial charge in [0, 0.05) is 79.8 Å². The van der Waals surface area contributed by atoms with E-state index < -0.39 is 12.0 Å². The molecule has 1 fully saturated rings. The molecule has 3 heterocycles. The number of rotatable bonds is 9. The van der Waals surface area contributed by atoms with E-state index in [1.165, 1.54) is 0 Å². The summed E-state index contributed by atoms with van der Waals surface area (Å²) in [6.45, 7) is 4.53. The van der Waals surface area contributed by atoms with Gasteiger partial charge in [-0.2, -0.15) is 0 Å². The molecule has 2 aromatic carbocycles. The van der Waals surface area contributed by atoms with Crippen LogP contribution < -0.4 is 4.74 Å². The third-order valence-electron chi connectivity index (χ3n) is 6.64. The zero-order valence-corrected chi connectivity index (χ0v) is 19.6. The molecule has 2 N–H and O–H groups in total. The molecule has 2 aromatic heterocycles. The van der Waals surface area contributed by atoms with E-state index in [1.807, 2.05) is 79.1 Å². The Morgan fingerprint density at radius 2 is 1.83 bits per heavy atom. The molecule has 180 valence electrons. The van der Waals surface area contributed by atoms with Crippen molar-refractivity contribution in [3.63, 3.8) is 0 Å². The topological polar surface area (TPSA) is 81.7 Å². The second kappa shape index (κ2) is 10.7. The summed E-state index contributed by atoms with van der Waals surface area (Å²) in [6, 6.07) is 21.1. The third-order valence-corrected chi connectivity index (χ3v) is 6.64. The van der Waals surface area contributed by atoms with Gasteiger partial charge in [0.1, 0.15) is 18.4 Å². The van der Waals surface area contributed by atoms with E-state index >= 15 is 0 Å². The van der Waals surface area contributed by atoms with Crippen molar-refractivity contribution in [3.8, 4) is 5.75 Å². The standard InChI is InChI=1S/C28H30N4O3/c33-28(34)27(32-16-14-31(15-17-32)13-11-22-8-4-5-12-29-22)25-19-30-26-18-23(9-10-24(25)26)35-20-21-6-2-1-3-7-21/h1-10,12,18-19,27,30H,11,13-17,20H2,(H,33,34)/t27-/m0/s1. The Kier molecular flexibility index (Phi) is 7.07. The van der Waals surface area contributed by atoms with Crippen LogP contribution in [0.15, 0.2) is 79.1 Å². The Morgan fingerprint density at radius 1 is 1.03 bits per heavy atom. The quantitative estimate of drug-likeness (QED) is 0.383. The van der Waals surface area contributed by atoms with Crippen molar-refractivity contribution < 1.29 is 14.6 Å². The Labute approximate surface area is 205 Å². The van der Waals surface area contributed by atoms with Gasteiger partial charge in [0.05, 0.1) is 0 Å². The van der Waals surface area contributed by atoms with E-state index in [1.54, 1.807) is 0 Å². The first-order valence-electron chi connectivity index (χ1n) is 12.0. The monoisotopic (exact) mass is 470 g/mol. The molecule has 0 amide bonds. The number of nitrogens with one attached hydrogen (secondary N) is 1. The number of nitrogens with zero attached hydrogens (tertiary/aromatic N) is 3. The number of aromatic amines is 1. The van der Waals surface area contributed by atoms with Crippen molar-refractivity contribution >= 4 is 16.9 Å². The highest BCUT2D eigenvalue weighted by Gasteiger charge is 2.32. The lowest BCUT2D eigenvalue weighted by atomic mass is 10.0. The fraction of sp³-hybridized carbons (Fsp3) is 0.286. The number of ether oxygens (including phenoxy) is 1. The van der Waals surface area contributed by atoms with Gasteiger partial charge in [0.2, 0.25) is 0 Å². The second-order valence-electron chi connectivity index (χ2n) is 8.92. The van der Waals surface area contributed by atoms with Crippen LogP contribution in [0.1, 0.15) is 22.9 Å². The number of pyridine rings is 1. The fourth-order valence-electron chi connectivity index (χ4n) is 4.73. The predicted octanol–water partition coefficient (Wildman–Crippen LogP) is 4.13. The van der Waals surface area contributed by atoms with Crippen molar-refractivity contribution in [3.05, 3.63) is 95.9 Å². The van der Waals surface area contributed by atoms with E-state index in [4.69, 9.17) is 4.74 Å². The molecule has 0 spiro atoms. The second-order valence-corrected chi connectivity index (χ2v) is 8.92. The lowest BCUT2D eigenvalue weighted by Crippen LogP contribution is -2.49. The molecule has 1 saturated heterocycles. The summed E-state index contributed by atoms with van der Waals surface area (Å²) >= 11 is 0. The molecular formula is C28H30N4O3. The number of hydrogen-bond acceptors (Lipinski definition) is 5. The predicted molar refractivity (Wildman–Crippen MR) is 135 cm³/mol. The number of aromatic nitrogens is 2. The van der Waals surface area contributed by atoms with Gasteiger partial charge in [0.25, 0.3) is 0 Å². The molecule has 0 bridgehead atoms. The SMILES string of the molecule is O=C(O)[C@H](c1c[nH]c2cc(OCc3ccccc3)ccc12)N1CCN(CCc2ccccn2)CC1. The smallest absolute Gasteiger partial charge is 0.325 e. The van der Waals surface area contributed by atoms with Crippen LogP contribution in [0.4, 0.5) is 0 Å². The molecule has 0 unspecified atom stereocenters. The number of benzene rings is 2. The Morgan fingerprint density at radius 3 is 2.57 bits per heavy atom. The molecule has 0 radical (unpaired) electrons. The molecule has 7 heteroatoms. The van der Waals surface area contributed by atoms with Gasteiger partial charge in [-0.15, -0.1) is 0 Å². The zero-order valence-electron chi connectivity index (χ0n) is 19.6. The van der Waals surface area contributed by atoms with Crippen molar-refractivity contribution in [2.24, 2.45) is 0 Å². The van der Waals surface area contributed by atoms with Crippen LogP contribution in [0.5, 0.6) is 5.75 Å². The van der Waals surface area contributed by atoms with Crippen molar-refractivity contribution in [1.29, 1.82) is 0 Å². The molecule has 0 aliphatic carbocycles. The first kappa shape index (κ1) is 23.1. The Bertz CT molecular complexity index is 1250. The van der Waals surface area contributed by atoms with Crippen LogP contribution in [0.25, 0.3) is 10.9 Å². The first-order chi connectivity index (χ1) is 17.2. The van der Waals surface area contributed by atoms with E-state index in [0.717, 1.165) is 59.5 Å². The fourth-order valence-corrected chi connectivity index (χ4v) is 4.73. The van der Waals surface area contributed by atoms with Crippen LogP contribution in [-0.2, 0) is 17.8 Å². The lowest BCUT2D eigenvalue weighted by molar-refractivity contribution is -0.144. The van der Waals surface area contributed by atoms with Crippen molar-refractivity contribution in [1.82, 2.24) is 19.8 Å². The minimum Gasteiger partial charge on any atom is -0.489 e. The van der Waals surface area contributed by atoms with Gasteiger partial charge in [-0.3, -0.25) is 14.7 Å². The minimum absolute atomic E-state index is 0.488. The third kappa shape index (κ3) is 5.53. The highest BCUT2D eigenvalue weighted by atomic mass is 16.5. The van der Waals surface area contributed by atoms with Crippen LogP contribution in [0.2, 0.25) is 0 Å². The molecule has 5 rings (SSSR count). The zero-order chi connectivity index (χ0) is 24.0. The number of H-pyrrole nitrogens is 1. The van der Waals surface area contributed by atoms with Gasteiger partial charge in [-0.25, -0.2) is 0 Å². The van der Waals surface area contributed by atoms with Gasteiger partial charge in [0.15, 0.2) is 0 Å². The maximum Gasteiger partial charge on any atom is 0.325 e. The van der Waals surface area contributed by atoms with E-state index in [2.05, 4.69) is 19.8 Å². The van der Waals surface area contributed by atoms with Crippen LogP contribution in [0.3, 0.4) is 0 Å². The normalized spacial score (nSPS) is 15.8. The summed E-state index contributed by atoms with van der Waals surface area (Å²) in [5.41, 5.74) is 3.86. The van der Waals surface area contributed by atoms with Crippen LogP contribution in [0, 0.1) is 0 Å². The van der Waals surface area contributed by atoms with Crippen molar-refractivity contribution in [2.75, 3.05) is 32.7 Å². The molecule has 1 aliphatic rings. The summed E-state index contributed by atoms with van der Waals surface area (Å²) in [5.74, 6) is -0.0691. The summed E-state index contributed by atoms with van der Waals surface area (Å²) in [7, 11) is 0. The van der Waals surface area contributed by atoms with E-state index in [9.17, 15) is 9.90 Å². The van der Waals surface area contributed by atoms with E-state index in [-0.39, 0.29) is 0 Å².